The molecule has 0 unspecified atom stereocenters. The minimum Gasteiger partial charge on any atom is -0.462 e. The molecule has 224 valence electrons. The zero-order valence-electron chi connectivity index (χ0n) is 24.0. The lowest BCUT2D eigenvalue weighted by molar-refractivity contribution is -0.149. The number of hydrogen-bond acceptors (Lipinski definition) is 11. The number of hydrogen-bond donors (Lipinski definition) is 3. The summed E-state index contributed by atoms with van der Waals surface area (Å²) in [5.41, 5.74) is 1.16. The van der Waals surface area contributed by atoms with Crippen molar-refractivity contribution in [1.82, 2.24) is 24.6 Å². The van der Waals surface area contributed by atoms with E-state index in [1.165, 1.54) is 13.3 Å². The molecule has 14 heteroatoms. The van der Waals surface area contributed by atoms with Gasteiger partial charge in [0, 0.05) is 12.5 Å². The van der Waals surface area contributed by atoms with Crippen LogP contribution in [0.15, 0.2) is 43.0 Å². The van der Waals surface area contributed by atoms with E-state index in [-0.39, 0.29) is 24.4 Å². The molecule has 41 heavy (non-hydrogen) atoms. The van der Waals surface area contributed by atoms with Crippen LogP contribution in [0.5, 0.6) is 5.75 Å². The second-order valence-corrected chi connectivity index (χ2v) is 12.0. The first-order valence-corrected chi connectivity index (χ1v) is 15.4. The number of anilines is 1. The SMILES string of the molecule is CCCCNc1ncnc2c1ncn2[C@@H]1O[C@H](CO[P@](=O)(N[C@@H](C)C(=O)OC(C)C)Oc2ccccc2)[C@@H](O)[C@@H]1C. The van der Waals surface area contributed by atoms with Gasteiger partial charge >= 0.3 is 13.7 Å². The normalized spacial score (nSPS) is 22.9. The van der Waals surface area contributed by atoms with E-state index in [0.29, 0.717) is 17.0 Å². The second-order valence-electron chi connectivity index (χ2n) is 10.3. The zero-order chi connectivity index (χ0) is 29.6. The Kier molecular flexibility index (Phi) is 10.3. The minimum absolute atomic E-state index is 0.278. The van der Waals surface area contributed by atoms with Crippen molar-refractivity contribution in [3.63, 3.8) is 0 Å². The summed E-state index contributed by atoms with van der Waals surface area (Å²) >= 11 is 0. The van der Waals surface area contributed by atoms with Gasteiger partial charge in [0.15, 0.2) is 17.0 Å². The number of imidazole rings is 1. The molecule has 1 fully saturated rings. The lowest BCUT2D eigenvalue weighted by Crippen LogP contribution is -2.37. The summed E-state index contributed by atoms with van der Waals surface area (Å²) in [6.45, 7) is 9.37. The van der Waals surface area contributed by atoms with E-state index >= 15 is 0 Å². The van der Waals surface area contributed by atoms with Crippen LogP contribution in [0.1, 0.15) is 53.7 Å². The predicted octanol–water partition coefficient (Wildman–Crippen LogP) is 4.07. The molecule has 4 rings (SSSR count). The largest absolute Gasteiger partial charge is 0.462 e. The fourth-order valence-corrected chi connectivity index (χ4v) is 5.91. The standard InChI is InChI=1S/C27H39N6O7P/c1-6-7-13-28-24-22-25(30-15-29-24)33(16-31-22)26-18(4)23(34)21(39-26)14-37-41(36,40-20-11-9-8-10-12-20)32-19(5)27(35)38-17(2)3/h8-12,15-19,21,23,26,34H,6-7,13-14H2,1-5H3,(H,32,36)(H,28,29,30)/t18-,19-,21+,23-,26+,41+/m0/s1. The Morgan fingerprint density at radius 1 is 1.20 bits per heavy atom. The molecule has 2 aromatic heterocycles. The number of nitrogens with zero attached hydrogens (tertiary/aromatic N) is 4. The van der Waals surface area contributed by atoms with E-state index in [4.69, 9.17) is 18.5 Å². The van der Waals surface area contributed by atoms with Crippen LogP contribution in [-0.2, 0) is 23.4 Å². The lowest BCUT2D eigenvalue weighted by atomic mass is 10.0. The van der Waals surface area contributed by atoms with Gasteiger partial charge in [0.25, 0.3) is 0 Å². The maximum absolute atomic E-state index is 13.8. The molecule has 3 aromatic rings. The minimum atomic E-state index is -4.12. The zero-order valence-corrected chi connectivity index (χ0v) is 24.9. The molecular weight excluding hydrogens is 551 g/mol. The summed E-state index contributed by atoms with van der Waals surface area (Å²) < 4.78 is 38.4. The lowest BCUT2D eigenvalue weighted by Gasteiger charge is -2.25. The average Bonchev–Trinajstić information content (AvgIpc) is 3.49. The van der Waals surface area contributed by atoms with E-state index < -0.39 is 38.2 Å². The Bertz CT molecular complexity index is 1340. The molecule has 13 nitrogen and oxygen atoms in total. The monoisotopic (exact) mass is 590 g/mol. The van der Waals surface area contributed by atoms with Crippen LogP contribution in [0.4, 0.5) is 5.82 Å². The van der Waals surface area contributed by atoms with Crippen molar-refractivity contribution < 1.29 is 33.0 Å². The molecule has 1 aliphatic rings. The molecule has 0 bridgehead atoms. The third-order valence-corrected chi connectivity index (χ3v) is 8.22. The van der Waals surface area contributed by atoms with E-state index in [2.05, 4.69) is 32.3 Å². The summed E-state index contributed by atoms with van der Waals surface area (Å²) in [7, 11) is -4.12. The number of unbranched alkanes of at least 4 members (excludes halogenated alkanes) is 1. The van der Waals surface area contributed by atoms with Crippen molar-refractivity contribution in [3.8, 4) is 5.75 Å². The molecule has 0 spiro atoms. The van der Waals surface area contributed by atoms with Gasteiger partial charge in [-0.05, 0) is 39.3 Å². The number of esters is 1. The van der Waals surface area contributed by atoms with Crippen molar-refractivity contribution in [1.29, 1.82) is 0 Å². The van der Waals surface area contributed by atoms with Crippen molar-refractivity contribution in [2.75, 3.05) is 18.5 Å². The van der Waals surface area contributed by atoms with Crippen LogP contribution >= 0.6 is 7.75 Å². The van der Waals surface area contributed by atoms with Crippen LogP contribution in [0.25, 0.3) is 11.2 Å². The molecule has 3 heterocycles. The van der Waals surface area contributed by atoms with Gasteiger partial charge in [-0.15, -0.1) is 0 Å². The van der Waals surface area contributed by atoms with Gasteiger partial charge in [0.05, 0.1) is 25.1 Å². The molecule has 0 saturated carbocycles. The summed E-state index contributed by atoms with van der Waals surface area (Å²) in [5.74, 6) is -0.0815. The van der Waals surface area contributed by atoms with Crippen molar-refractivity contribution in [3.05, 3.63) is 43.0 Å². The van der Waals surface area contributed by atoms with Crippen LogP contribution in [-0.4, -0.2) is 68.1 Å². The van der Waals surface area contributed by atoms with Crippen LogP contribution in [0.2, 0.25) is 0 Å². The molecule has 0 amide bonds. The number of rotatable bonds is 14. The van der Waals surface area contributed by atoms with Crippen molar-refractivity contribution in [2.45, 2.75) is 78.0 Å². The molecule has 1 aromatic carbocycles. The first kappa shape index (κ1) is 30.9. The molecule has 1 saturated heterocycles. The first-order valence-electron chi connectivity index (χ1n) is 13.8. The maximum atomic E-state index is 13.8. The molecule has 6 atom stereocenters. The Morgan fingerprint density at radius 2 is 1.95 bits per heavy atom. The number of nitrogens with one attached hydrogen (secondary N) is 2. The molecule has 0 aliphatic carbocycles. The number of fused-ring (bicyclic) bond motifs is 1. The summed E-state index contributed by atoms with van der Waals surface area (Å²) in [5, 5.41) is 17.0. The number of benzene rings is 1. The van der Waals surface area contributed by atoms with Gasteiger partial charge in [-0.3, -0.25) is 13.9 Å². The van der Waals surface area contributed by atoms with Crippen molar-refractivity contribution in [2.24, 2.45) is 5.92 Å². The number of ether oxygens (including phenoxy) is 2. The number of aliphatic hydroxyl groups excluding tert-OH is 1. The number of carbonyl (C=O) groups excluding carboxylic acids is 1. The molecule has 3 N–H and O–H groups in total. The Morgan fingerprint density at radius 3 is 2.66 bits per heavy atom. The quantitative estimate of drug-likeness (QED) is 0.141. The summed E-state index contributed by atoms with van der Waals surface area (Å²) in [6, 6.07) is 7.46. The van der Waals surface area contributed by atoms with Gasteiger partial charge in [0.2, 0.25) is 0 Å². The van der Waals surface area contributed by atoms with Gasteiger partial charge in [0.1, 0.15) is 30.5 Å². The third-order valence-electron chi connectivity index (χ3n) is 6.57. The summed E-state index contributed by atoms with van der Waals surface area (Å²) in [4.78, 5) is 25.6. The molecule has 0 radical (unpaired) electrons. The highest BCUT2D eigenvalue weighted by molar-refractivity contribution is 7.52. The highest BCUT2D eigenvalue weighted by atomic mass is 31.2. The number of aromatic nitrogens is 4. The highest BCUT2D eigenvalue weighted by Gasteiger charge is 2.44. The third kappa shape index (κ3) is 7.60. The van der Waals surface area contributed by atoms with Gasteiger partial charge in [-0.2, -0.15) is 5.09 Å². The number of carbonyl (C=O) groups is 1. The van der Waals surface area contributed by atoms with E-state index in [0.717, 1.165) is 19.4 Å². The topological polar surface area (TPSA) is 159 Å². The van der Waals surface area contributed by atoms with Crippen molar-refractivity contribution >= 4 is 30.7 Å². The van der Waals surface area contributed by atoms with Gasteiger partial charge < -0.3 is 24.4 Å². The van der Waals surface area contributed by atoms with Crippen LogP contribution < -0.4 is 14.9 Å². The molecule has 1 aliphatic heterocycles. The molecular formula is C27H39N6O7P. The van der Waals surface area contributed by atoms with Crippen LogP contribution in [0.3, 0.4) is 0 Å². The van der Waals surface area contributed by atoms with Gasteiger partial charge in [-0.25, -0.2) is 19.5 Å². The predicted molar refractivity (Wildman–Crippen MR) is 152 cm³/mol. The smallest absolute Gasteiger partial charge is 0.459 e. The van der Waals surface area contributed by atoms with E-state index in [9.17, 15) is 14.5 Å². The fourth-order valence-electron chi connectivity index (χ4n) is 4.40. The fraction of sp³-hybridized carbons (Fsp3) is 0.556. The second kappa shape index (κ2) is 13.7. The average molecular weight is 591 g/mol. The first-order chi connectivity index (χ1) is 19.6. The Hall–Kier alpha value is -3.09. The maximum Gasteiger partial charge on any atom is 0.459 e. The van der Waals surface area contributed by atoms with E-state index in [1.54, 1.807) is 55.1 Å². The van der Waals surface area contributed by atoms with E-state index in [1.807, 2.05) is 6.92 Å². The summed E-state index contributed by atoms with van der Waals surface area (Å²) in [6.07, 6.45) is 2.31. The Labute approximate surface area is 239 Å². The number of aliphatic hydroxyl groups is 1. The van der Waals surface area contributed by atoms with Crippen LogP contribution in [0, 0.1) is 5.92 Å². The van der Waals surface area contributed by atoms with Gasteiger partial charge in [-0.1, -0.05) is 38.5 Å². The Balaban J connectivity index is 1.49. The highest BCUT2D eigenvalue weighted by Crippen LogP contribution is 2.46. The number of para-hydroxylation sites is 1.